The van der Waals surface area contributed by atoms with Gasteiger partial charge in [-0.05, 0) is 86.1 Å². The van der Waals surface area contributed by atoms with Crippen molar-refractivity contribution in [2.45, 2.75) is 25.3 Å². The molecule has 3 heteroatoms. The van der Waals surface area contributed by atoms with E-state index in [0.717, 1.165) is 52.1 Å². The van der Waals surface area contributed by atoms with Crippen molar-refractivity contribution >= 4 is 38.5 Å². The van der Waals surface area contributed by atoms with Crippen molar-refractivity contribution in [1.29, 1.82) is 0 Å². The summed E-state index contributed by atoms with van der Waals surface area (Å²) in [5.41, 5.74) is 26.0. The van der Waals surface area contributed by atoms with Crippen LogP contribution in [0.1, 0.15) is 36.5 Å². The second-order valence-electron chi connectivity index (χ2n) is 11.9. The number of hydrazine groups is 1. The Labute approximate surface area is 271 Å². The van der Waals surface area contributed by atoms with Crippen LogP contribution < -0.4 is 16.6 Å². The zero-order valence-electron chi connectivity index (χ0n) is 26.1. The van der Waals surface area contributed by atoms with Crippen molar-refractivity contribution < 1.29 is 0 Å². The van der Waals surface area contributed by atoms with E-state index in [1.807, 2.05) is 24.3 Å². The van der Waals surface area contributed by atoms with Crippen LogP contribution in [-0.2, 0) is 5.54 Å². The summed E-state index contributed by atoms with van der Waals surface area (Å²) in [7, 11) is 0. The zero-order valence-corrected chi connectivity index (χ0v) is 26.1. The van der Waals surface area contributed by atoms with Crippen LogP contribution in [0.25, 0.3) is 43.9 Å². The number of anilines is 1. The molecule has 6 aromatic carbocycles. The molecule has 0 saturated heterocycles. The van der Waals surface area contributed by atoms with Crippen LogP contribution in [0.2, 0.25) is 0 Å². The lowest BCUT2D eigenvalue weighted by atomic mass is 9.75. The van der Waals surface area contributed by atoms with E-state index in [1.54, 1.807) is 0 Å². The van der Waals surface area contributed by atoms with Gasteiger partial charge in [0.15, 0.2) is 0 Å². The van der Waals surface area contributed by atoms with E-state index in [1.165, 1.54) is 32.7 Å². The first kappa shape index (κ1) is 29.1. The van der Waals surface area contributed by atoms with E-state index in [4.69, 9.17) is 5.73 Å². The molecule has 46 heavy (non-hydrogen) atoms. The molecule has 1 unspecified atom stereocenters. The highest BCUT2D eigenvalue weighted by Gasteiger charge is 2.39. The number of allylic oxidation sites excluding steroid dienone is 1. The van der Waals surface area contributed by atoms with Crippen LogP contribution in [0.5, 0.6) is 0 Å². The van der Waals surface area contributed by atoms with E-state index in [-0.39, 0.29) is 0 Å². The standard InChI is InChI=1S/C43H37N3/c1-3-27-43(41-23-12-22-39(41)40-20-8-9-24-42(40)44,46-45-30(2)33-26-25-31-13-4-5-15-34(31)28-33)36-18-10-17-35(29-36)38-21-11-16-32-14-6-7-19-37(32)38/h4-21,23-26,28-29,45-46H,2-3,27,44H2,1H3. The minimum atomic E-state index is -0.632. The van der Waals surface area contributed by atoms with Crippen molar-refractivity contribution in [2.75, 3.05) is 5.73 Å². The normalized spacial score (nSPS) is 13.8. The minimum Gasteiger partial charge on any atom is -0.398 e. The minimum absolute atomic E-state index is 0.632. The molecule has 224 valence electrons. The Balaban J connectivity index is 1.34. The molecular formula is C43H37N3. The molecule has 1 aliphatic rings. The third-order valence-corrected chi connectivity index (χ3v) is 9.04. The Morgan fingerprint density at radius 2 is 1.46 bits per heavy atom. The molecule has 7 rings (SSSR count). The largest absolute Gasteiger partial charge is 0.398 e. The lowest BCUT2D eigenvalue weighted by molar-refractivity contribution is 0.347. The summed E-state index contributed by atoms with van der Waals surface area (Å²) >= 11 is 0. The first-order chi connectivity index (χ1) is 22.6. The third-order valence-electron chi connectivity index (χ3n) is 9.04. The smallest absolute Gasteiger partial charge is 0.0880 e. The fraction of sp³-hybridized carbons (Fsp3) is 0.0930. The summed E-state index contributed by atoms with van der Waals surface area (Å²) in [5, 5.41) is 4.84. The fourth-order valence-electron chi connectivity index (χ4n) is 6.74. The predicted octanol–water partition coefficient (Wildman–Crippen LogP) is 10.2. The highest BCUT2D eigenvalue weighted by atomic mass is 15.4. The summed E-state index contributed by atoms with van der Waals surface area (Å²) in [6, 6.07) is 46.9. The first-order valence-electron chi connectivity index (χ1n) is 15.9. The van der Waals surface area contributed by atoms with Crippen LogP contribution in [0, 0.1) is 0 Å². The van der Waals surface area contributed by atoms with Crippen molar-refractivity contribution in [3.63, 3.8) is 0 Å². The topological polar surface area (TPSA) is 50.1 Å². The quantitative estimate of drug-likeness (QED) is 0.0839. The van der Waals surface area contributed by atoms with E-state index in [0.29, 0.717) is 0 Å². The number of hydrogen-bond acceptors (Lipinski definition) is 3. The molecule has 0 radical (unpaired) electrons. The summed E-state index contributed by atoms with van der Waals surface area (Å²) in [5.74, 6) is 0. The van der Waals surface area contributed by atoms with Crippen LogP contribution in [0.4, 0.5) is 5.69 Å². The summed E-state index contributed by atoms with van der Waals surface area (Å²) in [6.45, 7) is 6.69. The fourth-order valence-corrected chi connectivity index (χ4v) is 6.74. The number of benzene rings is 6. The van der Waals surface area contributed by atoms with E-state index in [9.17, 15) is 0 Å². The Bertz CT molecular complexity index is 2190. The van der Waals surface area contributed by atoms with Gasteiger partial charge in [-0.1, -0.05) is 135 Å². The third kappa shape index (κ3) is 5.33. The second kappa shape index (κ2) is 12.4. The van der Waals surface area contributed by atoms with Crippen molar-refractivity contribution in [3.8, 4) is 11.1 Å². The lowest BCUT2D eigenvalue weighted by Gasteiger charge is -2.39. The molecule has 0 bridgehead atoms. The van der Waals surface area contributed by atoms with Gasteiger partial charge in [-0.15, -0.1) is 5.73 Å². The van der Waals surface area contributed by atoms with Crippen LogP contribution in [-0.4, -0.2) is 0 Å². The van der Waals surface area contributed by atoms with Gasteiger partial charge in [-0.2, -0.15) is 0 Å². The van der Waals surface area contributed by atoms with Crippen LogP contribution in [0.3, 0.4) is 0 Å². The molecular weight excluding hydrogens is 558 g/mol. The average molecular weight is 596 g/mol. The number of hydrogen-bond donors (Lipinski definition) is 3. The summed E-state index contributed by atoms with van der Waals surface area (Å²) < 4.78 is 0. The van der Waals surface area contributed by atoms with Gasteiger partial charge in [0.2, 0.25) is 0 Å². The molecule has 0 aromatic heterocycles. The molecule has 0 spiro atoms. The highest BCUT2D eigenvalue weighted by molar-refractivity contribution is 5.97. The van der Waals surface area contributed by atoms with E-state index in [2.05, 4.69) is 151 Å². The second-order valence-corrected chi connectivity index (χ2v) is 11.9. The van der Waals surface area contributed by atoms with E-state index < -0.39 is 5.54 Å². The van der Waals surface area contributed by atoms with Crippen LogP contribution >= 0.6 is 0 Å². The maximum atomic E-state index is 6.56. The monoisotopic (exact) mass is 595 g/mol. The Morgan fingerprint density at radius 1 is 0.739 bits per heavy atom. The number of rotatable bonds is 10. The van der Waals surface area contributed by atoms with Gasteiger partial charge in [0.25, 0.3) is 0 Å². The molecule has 6 aromatic rings. The number of nitrogens with one attached hydrogen (secondary N) is 2. The average Bonchev–Trinajstić information content (AvgIpc) is 3.60. The molecule has 0 heterocycles. The lowest BCUT2D eigenvalue weighted by Crippen LogP contribution is -2.50. The first-order valence-corrected chi connectivity index (χ1v) is 15.9. The van der Waals surface area contributed by atoms with Gasteiger partial charge in [0.1, 0.15) is 0 Å². The van der Waals surface area contributed by atoms with Gasteiger partial charge in [-0.25, -0.2) is 5.43 Å². The predicted molar refractivity (Wildman–Crippen MR) is 196 cm³/mol. The highest BCUT2D eigenvalue weighted by Crippen LogP contribution is 2.45. The van der Waals surface area contributed by atoms with Gasteiger partial charge in [-0.3, -0.25) is 0 Å². The number of nitrogens with two attached hydrogens (primary N) is 1. The number of fused-ring (bicyclic) bond motifs is 2. The van der Waals surface area contributed by atoms with Crippen LogP contribution in [0.15, 0.2) is 163 Å². The maximum Gasteiger partial charge on any atom is 0.0880 e. The maximum absolute atomic E-state index is 6.56. The van der Waals surface area contributed by atoms with Gasteiger partial charge >= 0.3 is 0 Å². The Kier molecular flexibility index (Phi) is 7.86. The molecule has 3 nitrogen and oxygen atoms in total. The molecule has 0 saturated carbocycles. The molecule has 1 aliphatic carbocycles. The molecule has 0 aliphatic heterocycles. The van der Waals surface area contributed by atoms with Crippen molar-refractivity contribution in [3.05, 3.63) is 180 Å². The van der Waals surface area contributed by atoms with Crippen molar-refractivity contribution in [2.24, 2.45) is 0 Å². The molecule has 1 atom stereocenters. The molecule has 0 fully saturated rings. The van der Waals surface area contributed by atoms with Gasteiger partial charge < -0.3 is 11.2 Å². The molecule has 4 N–H and O–H groups in total. The molecule has 0 amide bonds. The summed E-state index contributed by atoms with van der Waals surface area (Å²) in [6.07, 6.45) is 5.94. The Morgan fingerprint density at radius 3 is 2.30 bits per heavy atom. The van der Waals surface area contributed by atoms with Crippen molar-refractivity contribution in [1.82, 2.24) is 10.9 Å². The Hall–Kier alpha value is -5.60. The van der Waals surface area contributed by atoms with Gasteiger partial charge in [0, 0.05) is 22.5 Å². The SMILES string of the molecule is C=C(NNC(CCC)(C1=CC=C=C1c1ccccc1N)c1cccc(-c2cccc3ccccc23)c1)c1ccc2ccccc2c1. The number of para-hydroxylation sites is 1. The number of nitrogen functional groups attached to an aromatic ring is 1. The van der Waals surface area contributed by atoms with Gasteiger partial charge in [0.05, 0.1) is 5.54 Å². The van der Waals surface area contributed by atoms with E-state index >= 15 is 0 Å². The summed E-state index contributed by atoms with van der Waals surface area (Å²) in [4.78, 5) is 0. The zero-order chi connectivity index (χ0) is 31.5.